The first-order valence-corrected chi connectivity index (χ1v) is 7.05. The van der Waals surface area contributed by atoms with Crippen molar-refractivity contribution in [2.24, 2.45) is 17.8 Å². The summed E-state index contributed by atoms with van der Waals surface area (Å²) in [5.74, 6) is 2.33. The number of ether oxygens (including phenoxy) is 1. The molecule has 2 aliphatic heterocycles. The molecule has 0 amide bonds. The van der Waals surface area contributed by atoms with Crippen LogP contribution in [0.4, 0.5) is 0 Å². The Bertz CT molecular complexity index is 253. The van der Waals surface area contributed by atoms with E-state index < -0.39 is 0 Å². The van der Waals surface area contributed by atoms with Gasteiger partial charge in [0.25, 0.3) is 0 Å². The fraction of sp³-hybridized carbons (Fsp3) is 1.00. The van der Waals surface area contributed by atoms with Crippen molar-refractivity contribution in [2.75, 3.05) is 39.4 Å². The minimum atomic E-state index is 0.343. The van der Waals surface area contributed by atoms with Gasteiger partial charge < -0.3 is 10.1 Å². The SMILES string of the molecule is CC(C)COCCN1CC2CNCC2C1(C)C. The molecule has 0 radical (unpaired) electrons. The van der Waals surface area contributed by atoms with Crippen LogP contribution in [-0.2, 0) is 4.74 Å². The van der Waals surface area contributed by atoms with E-state index in [0.717, 1.165) is 31.6 Å². The Labute approximate surface area is 106 Å². The van der Waals surface area contributed by atoms with Gasteiger partial charge in [0, 0.05) is 31.8 Å². The third-order valence-corrected chi connectivity index (χ3v) is 4.47. The van der Waals surface area contributed by atoms with Crippen LogP contribution >= 0.6 is 0 Å². The van der Waals surface area contributed by atoms with Crippen LogP contribution in [0.2, 0.25) is 0 Å². The summed E-state index contributed by atoms with van der Waals surface area (Å²) in [7, 11) is 0. The zero-order valence-corrected chi connectivity index (χ0v) is 11.8. The Kier molecular flexibility index (Phi) is 4.11. The van der Waals surface area contributed by atoms with Crippen LogP contribution < -0.4 is 5.32 Å². The molecule has 1 N–H and O–H groups in total. The van der Waals surface area contributed by atoms with Crippen LogP contribution in [-0.4, -0.2) is 49.8 Å². The third kappa shape index (κ3) is 2.83. The van der Waals surface area contributed by atoms with Crippen molar-refractivity contribution in [2.45, 2.75) is 33.2 Å². The predicted octanol–water partition coefficient (Wildman–Crippen LogP) is 1.59. The first kappa shape index (κ1) is 13.3. The van der Waals surface area contributed by atoms with E-state index in [9.17, 15) is 0 Å². The van der Waals surface area contributed by atoms with E-state index in [0.29, 0.717) is 11.5 Å². The molecule has 0 aromatic carbocycles. The molecule has 3 heteroatoms. The normalized spacial score (nSPS) is 32.3. The van der Waals surface area contributed by atoms with Crippen molar-refractivity contribution < 1.29 is 4.74 Å². The highest BCUT2D eigenvalue weighted by Crippen LogP contribution is 2.40. The van der Waals surface area contributed by atoms with Crippen molar-refractivity contribution in [1.29, 1.82) is 0 Å². The van der Waals surface area contributed by atoms with Gasteiger partial charge in [0.05, 0.1) is 6.61 Å². The summed E-state index contributed by atoms with van der Waals surface area (Å²) in [5.41, 5.74) is 0.343. The van der Waals surface area contributed by atoms with Gasteiger partial charge in [-0.2, -0.15) is 0 Å². The summed E-state index contributed by atoms with van der Waals surface area (Å²) in [6.45, 7) is 15.7. The van der Waals surface area contributed by atoms with Gasteiger partial charge in [-0.25, -0.2) is 0 Å². The van der Waals surface area contributed by atoms with Crippen molar-refractivity contribution in [3.63, 3.8) is 0 Å². The molecule has 2 heterocycles. The lowest BCUT2D eigenvalue weighted by molar-refractivity contribution is 0.0580. The number of hydrogen-bond donors (Lipinski definition) is 1. The summed E-state index contributed by atoms with van der Waals surface area (Å²) in [6, 6.07) is 0. The van der Waals surface area contributed by atoms with Crippen molar-refractivity contribution in [3.05, 3.63) is 0 Å². The molecule has 0 saturated carbocycles. The predicted molar refractivity (Wildman–Crippen MR) is 71.2 cm³/mol. The van der Waals surface area contributed by atoms with Gasteiger partial charge in [-0.05, 0) is 38.1 Å². The van der Waals surface area contributed by atoms with Gasteiger partial charge in [-0.1, -0.05) is 13.8 Å². The Hall–Kier alpha value is -0.120. The maximum atomic E-state index is 5.72. The van der Waals surface area contributed by atoms with Gasteiger partial charge in [-0.15, -0.1) is 0 Å². The van der Waals surface area contributed by atoms with E-state index in [4.69, 9.17) is 4.74 Å². The summed E-state index contributed by atoms with van der Waals surface area (Å²) in [6.07, 6.45) is 0. The fourth-order valence-corrected chi connectivity index (χ4v) is 3.38. The quantitative estimate of drug-likeness (QED) is 0.739. The number of nitrogens with one attached hydrogen (secondary N) is 1. The Morgan fingerprint density at radius 1 is 1.35 bits per heavy atom. The number of likely N-dealkylation sites (tertiary alicyclic amines) is 1. The molecular formula is C14H28N2O. The monoisotopic (exact) mass is 240 g/mol. The van der Waals surface area contributed by atoms with Crippen LogP contribution in [0.25, 0.3) is 0 Å². The Balaban J connectivity index is 1.78. The van der Waals surface area contributed by atoms with Gasteiger partial charge in [0.15, 0.2) is 0 Å². The Morgan fingerprint density at radius 2 is 2.12 bits per heavy atom. The molecule has 100 valence electrons. The number of fused-ring (bicyclic) bond motifs is 1. The van der Waals surface area contributed by atoms with E-state index in [1.165, 1.54) is 19.6 Å². The van der Waals surface area contributed by atoms with Crippen molar-refractivity contribution >= 4 is 0 Å². The topological polar surface area (TPSA) is 24.5 Å². The summed E-state index contributed by atoms with van der Waals surface area (Å²) in [4.78, 5) is 2.63. The van der Waals surface area contributed by atoms with Crippen LogP contribution in [0, 0.1) is 17.8 Å². The molecule has 0 bridgehead atoms. The highest BCUT2D eigenvalue weighted by atomic mass is 16.5. The molecule has 2 rings (SSSR count). The molecule has 0 aliphatic carbocycles. The lowest BCUT2D eigenvalue weighted by Gasteiger charge is -2.35. The second kappa shape index (κ2) is 5.25. The minimum Gasteiger partial charge on any atom is -0.380 e. The highest BCUT2D eigenvalue weighted by molar-refractivity contribution is 5.04. The van der Waals surface area contributed by atoms with Gasteiger partial charge >= 0.3 is 0 Å². The van der Waals surface area contributed by atoms with Crippen LogP contribution in [0.3, 0.4) is 0 Å². The average molecular weight is 240 g/mol. The van der Waals surface area contributed by atoms with Gasteiger partial charge in [0.2, 0.25) is 0 Å². The van der Waals surface area contributed by atoms with Crippen LogP contribution in [0.15, 0.2) is 0 Å². The molecule has 0 aromatic rings. The Morgan fingerprint density at radius 3 is 2.76 bits per heavy atom. The molecule has 2 fully saturated rings. The number of hydrogen-bond acceptors (Lipinski definition) is 3. The maximum Gasteiger partial charge on any atom is 0.0593 e. The molecular weight excluding hydrogens is 212 g/mol. The largest absolute Gasteiger partial charge is 0.380 e. The van der Waals surface area contributed by atoms with E-state index in [1.807, 2.05) is 0 Å². The third-order valence-electron chi connectivity index (χ3n) is 4.47. The van der Waals surface area contributed by atoms with Crippen molar-refractivity contribution in [3.8, 4) is 0 Å². The molecule has 2 saturated heterocycles. The van der Waals surface area contributed by atoms with E-state index in [1.54, 1.807) is 0 Å². The average Bonchev–Trinajstić information content (AvgIpc) is 2.77. The fourth-order valence-electron chi connectivity index (χ4n) is 3.38. The molecule has 2 atom stereocenters. The zero-order valence-electron chi connectivity index (χ0n) is 11.8. The molecule has 2 unspecified atom stereocenters. The van der Waals surface area contributed by atoms with E-state index in [-0.39, 0.29) is 0 Å². The van der Waals surface area contributed by atoms with Gasteiger partial charge in [0.1, 0.15) is 0 Å². The smallest absolute Gasteiger partial charge is 0.0593 e. The second-order valence-corrected chi connectivity index (χ2v) is 6.59. The summed E-state index contributed by atoms with van der Waals surface area (Å²) >= 11 is 0. The van der Waals surface area contributed by atoms with E-state index in [2.05, 4.69) is 37.9 Å². The maximum absolute atomic E-state index is 5.72. The van der Waals surface area contributed by atoms with Crippen LogP contribution in [0.5, 0.6) is 0 Å². The highest BCUT2D eigenvalue weighted by Gasteiger charge is 2.48. The summed E-state index contributed by atoms with van der Waals surface area (Å²) < 4.78 is 5.72. The van der Waals surface area contributed by atoms with Crippen molar-refractivity contribution in [1.82, 2.24) is 10.2 Å². The van der Waals surface area contributed by atoms with Gasteiger partial charge in [-0.3, -0.25) is 4.90 Å². The minimum absolute atomic E-state index is 0.343. The molecule has 0 spiro atoms. The molecule has 2 aliphatic rings. The van der Waals surface area contributed by atoms with Crippen LogP contribution in [0.1, 0.15) is 27.7 Å². The first-order chi connectivity index (χ1) is 8.01. The first-order valence-electron chi connectivity index (χ1n) is 7.05. The molecule has 17 heavy (non-hydrogen) atoms. The standard InChI is InChI=1S/C14H28N2O/c1-11(2)10-17-6-5-16-9-12-7-15-8-13(12)14(16,3)4/h11-13,15H,5-10H2,1-4H3. The zero-order chi connectivity index (χ0) is 12.5. The lowest BCUT2D eigenvalue weighted by atomic mass is 9.85. The lowest BCUT2D eigenvalue weighted by Crippen LogP contribution is -2.45. The second-order valence-electron chi connectivity index (χ2n) is 6.59. The number of nitrogens with zero attached hydrogens (tertiary/aromatic N) is 1. The summed E-state index contributed by atoms with van der Waals surface area (Å²) in [5, 5.41) is 3.52. The molecule has 0 aromatic heterocycles. The van der Waals surface area contributed by atoms with E-state index >= 15 is 0 Å². The number of rotatable bonds is 5. The molecule has 3 nitrogen and oxygen atoms in total.